The first-order valence-corrected chi connectivity index (χ1v) is 6.05. The largest absolute Gasteiger partial charge is 0.304 e. The standard InChI is InChI=1S/C14H15N3O2/c1-11(16-10-12-6-4-5-9-15-12)13-7-2-3-8-14(13)17(18)19/h2-9,11,16H,10H2,1H3. The summed E-state index contributed by atoms with van der Waals surface area (Å²) in [4.78, 5) is 14.8. The molecule has 0 radical (unpaired) electrons. The minimum absolute atomic E-state index is 0.108. The molecule has 0 saturated carbocycles. The zero-order valence-electron chi connectivity index (χ0n) is 10.6. The number of nitro benzene ring substituents is 1. The van der Waals surface area contributed by atoms with Gasteiger partial charge in [-0.2, -0.15) is 0 Å². The lowest BCUT2D eigenvalue weighted by Crippen LogP contribution is -2.19. The Balaban J connectivity index is 2.08. The molecule has 5 nitrogen and oxygen atoms in total. The number of para-hydroxylation sites is 1. The molecule has 1 unspecified atom stereocenters. The maximum atomic E-state index is 11.0. The molecule has 0 aliphatic heterocycles. The molecule has 0 aliphatic carbocycles. The first-order valence-electron chi connectivity index (χ1n) is 6.05. The molecule has 0 bridgehead atoms. The number of hydrogen-bond acceptors (Lipinski definition) is 4. The van der Waals surface area contributed by atoms with Crippen LogP contribution in [0, 0.1) is 10.1 Å². The zero-order chi connectivity index (χ0) is 13.7. The van der Waals surface area contributed by atoms with Crippen molar-refractivity contribution in [3.05, 3.63) is 70.0 Å². The summed E-state index contributed by atoms with van der Waals surface area (Å²) in [6, 6.07) is 12.4. The topological polar surface area (TPSA) is 68.1 Å². The summed E-state index contributed by atoms with van der Waals surface area (Å²) in [5, 5.41) is 14.2. The zero-order valence-corrected chi connectivity index (χ0v) is 10.6. The van der Waals surface area contributed by atoms with Crippen molar-refractivity contribution >= 4 is 5.69 Å². The third-order valence-electron chi connectivity index (χ3n) is 2.92. The van der Waals surface area contributed by atoms with Crippen LogP contribution in [0.15, 0.2) is 48.7 Å². The van der Waals surface area contributed by atoms with Crippen LogP contribution in [-0.4, -0.2) is 9.91 Å². The number of aromatic nitrogens is 1. The van der Waals surface area contributed by atoms with E-state index in [1.807, 2.05) is 25.1 Å². The smallest absolute Gasteiger partial charge is 0.274 e. The number of nitrogens with one attached hydrogen (secondary N) is 1. The van der Waals surface area contributed by atoms with Gasteiger partial charge in [0, 0.05) is 30.4 Å². The van der Waals surface area contributed by atoms with E-state index in [2.05, 4.69) is 10.3 Å². The molecule has 0 aliphatic rings. The SMILES string of the molecule is CC(NCc1ccccn1)c1ccccc1[N+](=O)[O-]. The van der Waals surface area contributed by atoms with E-state index in [1.54, 1.807) is 24.4 Å². The predicted octanol–water partition coefficient (Wildman–Crippen LogP) is 2.84. The molecular formula is C14H15N3O2. The van der Waals surface area contributed by atoms with E-state index in [-0.39, 0.29) is 16.7 Å². The van der Waals surface area contributed by atoms with Gasteiger partial charge in [0.1, 0.15) is 0 Å². The van der Waals surface area contributed by atoms with Gasteiger partial charge < -0.3 is 5.32 Å². The molecule has 2 rings (SSSR count). The highest BCUT2D eigenvalue weighted by atomic mass is 16.6. The van der Waals surface area contributed by atoms with Gasteiger partial charge in [-0.3, -0.25) is 15.1 Å². The van der Waals surface area contributed by atoms with E-state index in [1.165, 1.54) is 6.07 Å². The van der Waals surface area contributed by atoms with Crippen LogP contribution < -0.4 is 5.32 Å². The first-order chi connectivity index (χ1) is 9.18. The number of nitro groups is 1. The summed E-state index contributed by atoms with van der Waals surface area (Å²) in [7, 11) is 0. The molecule has 1 heterocycles. The molecule has 0 spiro atoms. The number of benzene rings is 1. The summed E-state index contributed by atoms with van der Waals surface area (Å²) in [5.74, 6) is 0. The summed E-state index contributed by atoms with van der Waals surface area (Å²) in [5.41, 5.74) is 1.74. The Hall–Kier alpha value is -2.27. The van der Waals surface area contributed by atoms with Gasteiger partial charge in [0.25, 0.3) is 5.69 Å². The fraction of sp³-hybridized carbons (Fsp3) is 0.214. The van der Waals surface area contributed by atoms with Crippen LogP contribution in [0.2, 0.25) is 0 Å². The Bertz CT molecular complexity index is 558. The molecule has 19 heavy (non-hydrogen) atoms. The van der Waals surface area contributed by atoms with Crippen LogP contribution in [-0.2, 0) is 6.54 Å². The second-order valence-corrected chi connectivity index (χ2v) is 4.24. The summed E-state index contributed by atoms with van der Waals surface area (Å²) in [6.45, 7) is 2.49. The molecule has 0 saturated heterocycles. The normalized spacial score (nSPS) is 12.1. The maximum Gasteiger partial charge on any atom is 0.274 e. The minimum Gasteiger partial charge on any atom is -0.304 e. The third kappa shape index (κ3) is 3.35. The highest BCUT2D eigenvalue weighted by molar-refractivity contribution is 5.41. The van der Waals surface area contributed by atoms with E-state index in [0.717, 1.165) is 5.69 Å². The van der Waals surface area contributed by atoms with Gasteiger partial charge >= 0.3 is 0 Å². The highest BCUT2D eigenvalue weighted by Crippen LogP contribution is 2.24. The molecule has 98 valence electrons. The fourth-order valence-electron chi connectivity index (χ4n) is 1.89. The Morgan fingerprint density at radius 1 is 1.26 bits per heavy atom. The van der Waals surface area contributed by atoms with Crippen LogP contribution >= 0.6 is 0 Å². The molecule has 1 aromatic heterocycles. The summed E-state index contributed by atoms with van der Waals surface area (Å²) in [6.07, 6.45) is 1.73. The fourth-order valence-corrected chi connectivity index (χ4v) is 1.89. The molecule has 0 amide bonds. The van der Waals surface area contributed by atoms with Gasteiger partial charge in [-0.05, 0) is 19.1 Å². The van der Waals surface area contributed by atoms with E-state index >= 15 is 0 Å². The van der Waals surface area contributed by atoms with Crippen LogP contribution in [0.5, 0.6) is 0 Å². The van der Waals surface area contributed by atoms with Crippen LogP contribution in [0.4, 0.5) is 5.69 Å². The monoisotopic (exact) mass is 257 g/mol. The molecule has 2 aromatic rings. The average molecular weight is 257 g/mol. The Morgan fingerprint density at radius 3 is 2.68 bits per heavy atom. The molecule has 1 atom stereocenters. The number of nitrogens with zero attached hydrogens (tertiary/aromatic N) is 2. The van der Waals surface area contributed by atoms with Gasteiger partial charge in [-0.15, -0.1) is 0 Å². The van der Waals surface area contributed by atoms with Gasteiger partial charge in [-0.1, -0.05) is 24.3 Å². The second-order valence-electron chi connectivity index (χ2n) is 4.24. The molecule has 1 aromatic carbocycles. The molecule has 5 heteroatoms. The average Bonchev–Trinajstić information content (AvgIpc) is 2.46. The summed E-state index contributed by atoms with van der Waals surface area (Å²) < 4.78 is 0. The lowest BCUT2D eigenvalue weighted by Gasteiger charge is -2.13. The van der Waals surface area contributed by atoms with E-state index in [4.69, 9.17) is 0 Å². The van der Waals surface area contributed by atoms with E-state index in [9.17, 15) is 10.1 Å². The lowest BCUT2D eigenvalue weighted by atomic mass is 10.1. The van der Waals surface area contributed by atoms with Crippen molar-refractivity contribution in [1.29, 1.82) is 0 Å². The van der Waals surface area contributed by atoms with Gasteiger partial charge in [0.15, 0.2) is 0 Å². The van der Waals surface area contributed by atoms with Crippen molar-refractivity contribution in [2.24, 2.45) is 0 Å². The Kier molecular flexibility index (Phi) is 4.20. The minimum atomic E-state index is -0.353. The Morgan fingerprint density at radius 2 is 2.00 bits per heavy atom. The number of rotatable bonds is 5. The van der Waals surface area contributed by atoms with Crippen molar-refractivity contribution < 1.29 is 4.92 Å². The molecule has 0 fully saturated rings. The second kappa shape index (κ2) is 6.06. The number of hydrogen-bond donors (Lipinski definition) is 1. The van der Waals surface area contributed by atoms with E-state index < -0.39 is 0 Å². The quantitative estimate of drug-likeness (QED) is 0.660. The van der Waals surface area contributed by atoms with Crippen molar-refractivity contribution in [3.8, 4) is 0 Å². The van der Waals surface area contributed by atoms with Gasteiger partial charge in [0.05, 0.1) is 10.6 Å². The third-order valence-corrected chi connectivity index (χ3v) is 2.92. The van der Waals surface area contributed by atoms with Crippen molar-refractivity contribution in [3.63, 3.8) is 0 Å². The molecular weight excluding hydrogens is 242 g/mol. The van der Waals surface area contributed by atoms with E-state index in [0.29, 0.717) is 12.1 Å². The van der Waals surface area contributed by atoms with Crippen molar-refractivity contribution in [2.75, 3.05) is 0 Å². The maximum absolute atomic E-state index is 11.0. The van der Waals surface area contributed by atoms with Gasteiger partial charge in [-0.25, -0.2) is 0 Å². The van der Waals surface area contributed by atoms with Crippen molar-refractivity contribution in [2.45, 2.75) is 19.5 Å². The highest BCUT2D eigenvalue weighted by Gasteiger charge is 2.17. The van der Waals surface area contributed by atoms with Crippen LogP contribution in [0.1, 0.15) is 24.2 Å². The Labute approximate surface area is 111 Å². The number of pyridine rings is 1. The lowest BCUT2D eigenvalue weighted by molar-refractivity contribution is -0.385. The summed E-state index contributed by atoms with van der Waals surface area (Å²) >= 11 is 0. The predicted molar refractivity (Wildman–Crippen MR) is 72.6 cm³/mol. The van der Waals surface area contributed by atoms with Crippen LogP contribution in [0.25, 0.3) is 0 Å². The van der Waals surface area contributed by atoms with Gasteiger partial charge in [0.2, 0.25) is 0 Å². The molecule has 1 N–H and O–H groups in total. The van der Waals surface area contributed by atoms with Crippen molar-refractivity contribution in [1.82, 2.24) is 10.3 Å². The van der Waals surface area contributed by atoms with Crippen LogP contribution in [0.3, 0.4) is 0 Å². The first kappa shape index (κ1) is 13.2.